The molecular weight excluding hydrogens is 512 g/mol. The van der Waals surface area contributed by atoms with Crippen LogP contribution in [0.1, 0.15) is 135 Å². The first-order valence-electron chi connectivity index (χ1n) is 15.9. The van der Waals surface area contributed by atoms with Gasteiger partial charge in [0.2, 0.25) is 5.72 Å². The molecule has 2 rings (SSSR count). The topological polar surface area (TPSA) is 142 Å². The summed E-state index contributed by atoms with van der Waals surface area (Å²) in [5.74, 6) is -0.573. The van der Waals surface area contributed by atoms with Crippen molar-refractivity contribution in [2.75, 3.05) is 6.61 Å². The van der Waals surface area contributed by atoms with E-state index >= 15 is 0 Å². The van der Waals surface area contributed by atoms with Gasteiger partial charge >= 0.3 is 5.69 Å². The minimum Gasteiger partial charge on any atom is -0.394 e. The van der Waals surface area contributed by atoms with E-state index in [1.54, 1.807) is 0 Å². The van der Waals surface area contributed by atoms with Crippen molar-refractivity contribution in [2.45, 2.75) is 159 Å². The highest BCUT2D eigenvalue weighted by Crippen LogP contribution is 2.37. The number of Topliss-reactive ketones (excluding diaryl/α,β-unsaturated/α-hetero) is 1. The standard InChI is InChI=1S/C31H54N2O7/c1-2-3-4-5-6-7-8-9-10-11-12-13-14-15-16-17-18-19-20-21-26(35)31(29(38)28(37)25(24-34)40-31)33-23-22-27(36)32-30(33)39/h22-23,25,28-29,34,37-38H,2-21,24H2,1H3,(H,32,36,39)/t25-,28-,29-,31-/m1/s1. The fourth-order valence-corrected chi connectivity index (χ4v) is 5.74. The summed E-state index contributed by atoms with van der Waals surface area (Å²) in [6, 6.07) is 1.04. The third-order valence-corrected chi connectivity index (χ3v) is 8.21. The minimum atomic E-state index is -2.19. The fourth-order valence-electron chi connectivity index (χ4n) is 5.74. The van der Waals surface area contributed by atoms with Gasteiger partial charge in [-0.25, -0.2) is 4.79 Å². The van der Waals surface area contributed by atoms with Gasteiger partial charge in [0, 0.05) is 18.7 Å². The average Bonchev–Trinajstić information content (AvgIpc) is 3.20. The first-order valence-corrected chi connectivity index (χ1v) is 15.9. The molecule has 40 heavy (non-hydrogen) atoms. The van der Waals surface area contributed by atoms with Crippen molar-refractivity contribution < 1.29 is 24.9 Å². The van der Waals surface area contributed by atoms with Gasteiger partial charge in [-0.1, -0.05) is 122 Å². The molecule has 0 bridgehead atoms. The van der Waals surface area contributed by atoms with E-state index < -0.39 is 47.7 Å². The molecule has 0 spiro atoms. The molecule has 0 unspecified atom stereocenters. The summed E-state index contributed by atoms with van der Waals surface area (Å²) >= 11 is 0. The SMILES string of the molecule is CCCCCCCCCCCCCCCCCCCCCC(=O)[C@@]1(n2ccc(=O)[nH]c2=O)O[C@H](CO)[C@@H](O)[C@H]1O. The molecule has 4 N–H and O–H groups in total. The molecule has 1 fully saturated rings. The number of ketones is 1. The number of aromatic nitrogens is 2. The Morgan fingerprint density at radius 3 is 1.68 bits per heavy atom. The Kier molecular flexibility index (Phi) is 16.6. The van der Waals surface area contributed by atoms with E-state index in [0.29, 0.717) is 6.42 Å². The zero-order valence-electron chi connectivity index (χ0n) is 24.7. The molecule has 9 heteroatoms. The predicted molar refractivity (Wildman–Crippen MR) is 156 cm³/mol. The van der Waals surface area contributed by atoms with Gasteiger partial charge in [-0.05, 0) is 6.42 Å². The highest BCUT2D eigenvalue weighted by molar-refractivity contribution is 5.86. The number of carbonyl (C=O) groups is 1. The van der Waals surface area contributed by atoms with Crippen LogP contribution in [0.5, 0.6) is 0 Å². The average molecular weight is 567 g/mol. The van der Waals surface area contributed by atoms with Crippen molar-refractivity contribution in [3.05, 3.63) is 33.1 Å². The number of hydrogen-bond donors (Lipinski definition) is 4. The van der Waals surface area contributed by atoms with E-state index in [1.165, 1.54) is 96.3 Å². The van der Waals surface area contributed by atoms with Crippen LogP contribution in [0.2, 0.25) is 0 Å². The molecule has 0 radical (unpaired) electrons. The third-order valence-electron chi connectivity index (χ3n) is 8.21. The third kappa shape index (κ3) is 10.5. The molecular formula is C31H54N2O7. The largest absolute Gasteiger partial charge is 0.394 e. The Morgan fingerprint density at radius 1 is 0.825 bits per heavy atom. The van der Waals surface area contributed by atoms with Crippen LogP contribution in [0.3, 0.4) is 0 Å². The van der Waals surface area contributed by atoms with Crippen LogP contribution < -0.4 is 11.2 Å². The number of rotatable bonds is 23. The van der Waals surface area contributed by atoms with Gasteiger partial charge in [-0.3, -0.25) is 19.1 Å². The van der Waals surface area contributed by atoms with Gasteiger partial charge in [0.1, 0.15) is 18.3 Å². The summed E-state index contributed by atoms with van der Waals surface area (Å²) in [6.45, 7) is 1.63. The zero-order valence-corrected chi connectivity index (χ0v) is 24.7. The van der Waals surface area contributed by atoms with Crippen LogP contribution in [-0.4, -0.2) is 55.6 Å². The van der Waals surface area contributed by atoms with Crippen LogP contribution in [-0.2, 0) is 15.3 Å². The smallest absolute Gasteiger partial charge is 0.331 e. The molecule has 0 amide bonds. The second-order valence-electron chi connectivity index (χ2n) is 11.5. The zero-order chi connectivity index (χ0) is 29.2. The summed E-state index contributed by atoms with van der Waals surface area (Å²) in [6.07, 6.45) is 20.1. The normalized spacial score (nSPS) is 22.6. The maximum atomic E-state index is 13.3. The van der Waals surface area contributed by atoms with Crippen molar-refractivity contribution >= 4 is 5.78 Å². The number of aliphatic hydroxyl groups excluding tert-OH is 3. The molecule has 1 aliphatic rings. The van der Waals surface area contributed by atoms with Crippen LogP contribution in [0, 0.1) is 0 Å². The summed E-state index contributed by atoms with van der Waals surface area (Å²) in [4.78, 5) is 39.3. The van der Waals surface area contributed by atoms with E-state index in [-0.39, 0.29) is 6.42 Å². The maximum Gasteiger partial charge on any atom is 0.331 e. The number of aliphatic hydroxyl groups is 3. The van der Waals surface area contributed by atoms with Crippen molar-refractivity contribution in [1.29, 1.82) is 0 Å². The number of hydrogen-bond acceptors (Lipinski definition) is 7. The highest BCUT2D eigenvalue weighted by Gasteiger charge is 2.60. The number of H-pyrrole nitrogens is 1. The van der Waals surface area contributed by atoms with E-state index in [4.69, 9.17) is 4.74 Å². The number of ether oxygens (including phenoxy) is 1. The first kappa shape index (κ1) is 34.4. The van der Waals surface area contributed by atoms with E-state index in [9.17, 15) is 29.7 Å². The molecule has 0 saturated carbocycles. The van der Waals surface area contributed by atoms with Crippen molar-refractivity contribution in [3.8, 4) is 0 Å². The number of unbranched alkanes of at least 4 members (excludes halogenated alkanes) is 18. The van der Waals surface area contributed by atoms with E-state index in [2.05, 4.69) is 11.9 Å². The Morgan fingerprint density at radius 2 is 1.27 bits per heavy atom. The number of carbonyl (C=O) groups excluding carboxylic acids is 1. The molecule has 230 valence electrons. The van der Waals surface area contributed by atoms with Gasteiger partial charge in [-0.2, -0.15) is 0 Å². The molecule has 4 atom stereocenters. The summed E-state index contributed by atoms with van der Waals surface area (Å²) in [5.41, 5.74) is -3.78. The molecule has 1 saturated heterocycles. The van der Waals surface area contributed by atoms with E-state index in [0.717, 1.165) is 36.1 Å². The van der Waals surface area contributed by atoms with Crippen molar-refractivity contribution in [1.82, 2.24) is 9.55 Å². The Bertz CT molecular complexity index is 946. The molecule has 1 aromatic heterocycles. The van der Waals surface area contributed by atoms with E-state index in [1.807, 2.05) is 0 Å². The molecule has 9 nitrogen and oxygen atoms in total. The van der Waals surface area contributed by atoms with Gasteiger partial charge in [0.05, 0.1) is 6.61 Å². The molecule has 0 aromatic carbocycles. The lowest BCUT2D eigenvalue weighted by Gasteiger charge is -2.32. The molecule has 1 aromatic rings. The van der Waals surface area contributed by atoms with Crippen LogP contribution in [0.15, 0.2) is 21.9 Å². The highest BCUT2D eigenvalue weighted by atomic mass is 16.6. The van der Waals surface area contributed by atoms with Crippen molar-refractivity contribution in [3.63, 3.8) is 0 Å². The van der Waals surface area contributed by atoms with Crippen LogP contribution in [0.25, 0.3) is 0 Å². The number of nitrogens with zero attached hydrogens (tertiary/aromatic N) is 1. The first-order chi connectivity index (χ1) is 19.4. The lowest BCUT2D eigenvalue weighted by Crippen LogP contribution is -2.56. The monoisotopic (exact) mass is 566 g/mol. The lowest BCUT2D eigenvalue weighted by molar-refractivity contribution is -0.176. The predicted octanol–water partition coefficient (Wildman–Crippen LogP) is 4.69. The summed E-state index contributed by atoms with van der Waals surface area (Å²) < 4.78 is 6.44. The Hall–Kier alpha value is -1.81. The van der Waals surface area contributed by atoms with Crippen LogP contribution >= 0.6 is 0 Å². The second-order valence-corrected chi connectivity index (χ2v) is 11.5. The summed E-state index contributed by atoms with van der Waals surface area (Å²) in [7, 11) is 0. The number of aromatic amines is 1. The lowest BCUT2D eigenvalue weighted by atomic mass is 9.94. The fraction of sp³-hybridized carbons (Fsp3) is 0.839. The van der Waals surface area contributed by atoms with Gasteiger partial charge in [0.25, 0.3) is 5.56 Å². The van der Waals surface area contributed by atoms with Crippen molar-refractivity contribution in [2.24, 2.45) is 0 Å². The molecule has 2 heterocycles. The maximum absolute atomic E-state index is 13.3. The molecule has 1 aliphatic heterocycles. The minimum absolute atomic E-state index is 0.0341. The number of nitrogens with one attached hydrogen (secondary N) is 1. The molecule has 0 aliphatic carbocycles. The van der Waals surface area contributed by atoms with Gasteiger partial charge < -0.3 is 20.1 Å². The van der Waals surface area contributed by atoms with Gasteiger partial charge in [-0.15, -0.1) is 0 Å². The Balaban J connectivity index is 1.58. The summed E-state index contributed by atoms with van der Waals surface area (Å²) in [5, 5.41) is 30.6. The second kappa shape index (κ2) is 19.3. The van der Waals surface area contributed by atoms with Gasteiger partial charge in [0.15, 0.2) is 5.78 Å². The Labute approximate surface area is 239 Å². The van der Waals surface area contributed by atoms with Crippen LogP contribution in [0.4, 0.5) is 0 Å². The quantitative estimate of drug-likeness (QED) is 0.141.